The Labute approximate surface area is 111 Å². The fraction of sp³-hybridized carbons (Fsp3) is 0.0769. The lowest BCUT2D eigenvalue weighted by molar-refractivity contribution is 1.24. The summed E-state index contributed by atoms with van der Waals surface area (Å²) in [5, 5.41) is 0. The molecule has 0 bridgehead atoms. The molecular weight excluding hydrogens is 363 g/mol. The summed E-state index contributed by atoms with van der Waals surface area (Å²) in [6.45, 7) is 0. The standard InChI is InChI=1S/C13H8BrI/c14-12-6-5-10-9-4-2-1-3-8(9)7-11(10)13(12)15/h1-6H,7H2. The summed E-state index contributed by atoms with van der Waals surface area (Å²) < 4.78 is 2.55. The maximum absolute atomic E-state index is 3.59. The van der Waals surface area contributed by atoms with Gasteiger partial charge in [-0.05, 0) is 73.3 Å². The van der Waals surface area contributed by atoms with Crippen molar-refractivity contribution in [2.24, 2.45) is 0 Å². The van der Waals surface area contributed by atoms with Crippen LogP contribution in [0.5, 0.6) is 0 Å². The molecule has 0 unspecified atom stereocenters. The molecule has 0 saturated carbocycles. The monoisotopic (exact) mass is 370 g/mol. The number of hydrogen-bond acceptors (Lipinski definition) is 0. The van der Waals surface area contributed by atoms with Crippen LogP contribution in [-0.2, 0) is 6.42 Å². The van der Waals surface area contributed by atoms with Gasteiger partial charge in [0.15, 0.2) is 0 Å². The van der Waals surface area contributed by atoms with Crippen LogP contribution in [-0.4, -0.2) is 0 Å². The van der Waals surface area contributed by atoms with Crippen LogP contribution < -0.4 is 0 Å². The predicted octanol–water partition coefficient (Wildman–Crippen LogP) is 4.62. The van der Waals surface area contributed by atoms with Crippen molar-refractivity contribution < 1.29 is 0 Å². The number of rotatable bonds is 0. The largest absolute Gasteiger partial charge is 0.0619 e. The molecule has 0 amide bonds. The lowest BCUT2D eigenvalue weighted by Gasteiger charge is -2.04. The van der Waals surface area contributed by atoms with Crippen LogP contribution in [0.1, 0.15) is 11.1 Å². The third-order valence-corrected chi connectivity index (χ3v) is 5.51. The molecule has 1 aliphatic carbocycles. The Kier molecular flexibility index (Phi) is 2.36. The molecule has 0 spiro atoms. The first-order chi connectivity index (χ1) is 7.27. The first-order valence-corrected chi connectivity index (χ1v) is 6.69. The van der Waals surface area contributed by atoms with Crippen LogP contribution in [0.4, 0.5) is 0 Å². The van der Waals surface area contributed by atoms with Gasteiger partial charge in [-0.2, -0.15) is 0 Å². The highest BCUT2D eigenvalue weighted by molar-refractivity contribution is 14.1. The minimum absolute atomic E-state index is 1.07. The van der Waals surface area contributed by atoms with E-state index in [0.717, 1.165) is 6.42 Å². The molecule has 74 valence electrons. The van der Waals surface area contributed by atoms with Crippen molar-refractivity contribution in [3.63, 3.8) is 0 Å². The van der Waals surface area contributed by atoms with Crippen molar-refractivity contribution in [3.8, 4) is 11.1 Å². The zero-order chi connectivity index (χ0) is 10.4. The van der Waals surface area contributed by atoms with Gasteiger partial charge in [-0.3, -0.25) is 0 Å². The highest BCUT2D eigenvalue weighted by atomic mass is 127. The molecule has 0 heterocycles. The molecule has 0 aromatic heterocycles. The first kappa shape index (κ1) is 9.85. The Hall–Kier alpha value is -0.350. The summed E-state index contributed by atoms with van der Waals surface area (Å²) in [6, 6.07) is 13.0. The fourth-order valence-corrected chi connectivity index (χ4v) is 3.18. The Bertz CT molecular complexity index is 546. The molecule has 0 nitrogen and oxygen atoms in total. The van der Waals surface area contributed by atoms with Gasteiger partial charge in [0.1, 0.15) is 0 Å². The summed E-state index contributed by atoms with van der Waals surface area (Å²) in [7, 11) is 0. The zero-order valence-corrected chi connectivity index (χ0v) is 11.7. The zero-order valence-electron chi connectivity index (χ0n) is 7.93. The van der Waals surface area contributed by atoms with Gasteiger partial charge >= 0.3 is 0 Å². The predicted molar refractivity (Wildman–Crippen MR) is 75.1 cm³/mol. The van der Waals surface area contributed by atoms with Crippen molar-refractivity contribution in [2.75, 3.05) is 0 Å². The summed E-state index contributed by atoms with van der Waals surface area (Å²) in [4.78, 5) is 0. The maximum atomic E-state index is 3.59. The second kappa shape index (κ2) is 3.59. The Morgan fingerprint density at radius 3 is 2.67 bits per heavy atom. The summed E-state index contributed by atoms with van der Waals surface area (Å²) in [6.07, 6.45) is 1.07. The van der Waals surface area contributed by atoms with E-state index in [0.29, 0.717) is 0 Å². The van der Waals surface area contributed by atoms with E-state index < -0.39 is 0 Å². The Balaban J connectivity index is 2.31. The third-order valence-electron chi connectivity index (χ3n) is 2.87. The molecule has 0 fully saturated rings. The molecule has 0 radical (unpaired) electrons. The normalized spacial score (nSPS) is 12.4. The number of fused-ring (bicyclic) bond motifs is 3. The van der Waals surface area contributed by atoms with E-state index in [4.69, 9.17) is 0 Å². The van der Waals surface area contributed by atoms with Crippen LogP contribution in [0.15, 0.2) is 40.9 Å². The molecule has 0 aliphatic heterocycles. The molecule has 2 heteroatoms. The van der Waals surface area contributed by atoms with Crippen LogP contribution in [0, 0.1) is 3.57 Å². The first-order valence-electron chi connectivity index (χ1n) is 4.82. The molecule has 2 aromatic carbocycles. The van der Waals surface area contributed by atoms with Gasteiger partial charge in [0, 0.05) is 8.04 Å². The number of hydrogen-bond donors (Lipinski definition) is 0. The van der Waals surface area contributed by atoms with Gasteiger partial charge in [-0.15, -0.1) is 0 Å². The maximum Gasteiger partial charge on any atom is 0.0314 e. The smallest absolute Gasteiger partial charge is 0.0314 e. The van der Waals surface area contributed by atoms with Crippen molar-refractivity contribution >= 4 is 38.5 Å². The minimum Gasteiger partial charge on any atom is -0.0619 e. The van der Waals surface area contributed by atoms with E-state index in [-0.39, 0.29) is 0 Å². The topological polar surface area (TPSA) is 0 Å². The molecule has 1 aliphatic rings. The van der Waals surface area contributed by atoms with Gasteiger partial charge in [0.05, 0.1) is 0 Å². The molecule has 2 aromatic rings. The van der Waals surface area contributed by atoms with Gasteiger partial charge < -0.3 is 0 Å². The van der Waals surface area contributed by atoms with E-state index in [2.05, 4.69) is 74.9 Å². The van der Waals surface area contributed by atoms with Gasteiger partial charge in [0.25, 0.3) is 0 Å². The molecule has 3 rings (SSSR count). The Morgan fingerprint density at radius 1 is 1.00 bits per heavy atom. The van der Waals surface area contributed by atoms with Crippen LogP contribution in [0.25, 0.3) is 11.1 Å². The molecule has 0 N–H and O–H groups in total. The minimum atomic E-state index is 1.07. The van der Waals surface area contributed by atoms with Crippen molar-refractivity contribution in [2.45, 2.75) is 6.42 Å². The van der Waals surface area contributed by atoms with Crippen LogP contribution in [0.2, 0.25) is 0 Å². The molecule has 0 atom stereocenters. The molecule has 0 saturated heterocycles. The van der Waals surface area contributed by atoms with Gasteiger partial charge in [-0.1, -0.05) is 30.3 Å². The number of benzene rings is 2. The Morgan fingerprint density at radius 2 is 1.80 bits per heavy atom. The average molecular weight is 371 g/mol. The fourth-order valence-electron chi connectivity index (χ4n) is 2.15. The summed E-state index contributed by atoms with van der Waals surface area (Å²) in [5.41, 5.74) is 5.71. The van der Waals surface area contributed by atoms with Crippen LogP contribution >= 0.6 is 38.5 Å². The average Bonchev–Trinajstić information content (AvgIpc) is 2.63. The highest BCUT2D eigenvalue weighted by Crippen LogP contribution is 2.40. The van der Waals surface area contributed by atoms with E-state index in [1.807, 2.05) is 0 Å². The van der Waals surface area contributed by atoms with Gasteiger partial charge in [0.2, 0.25) is 0 Å². The quantitative estimate of drug-likeness (QED) is 0.506. The summed E-state index contributed by atoms with van der Waals surface area (Å²) in [5.74, 6) is 0. The SMILES string of the molecule is Brc1ccc2c(c1I)Cc1ccccc1-2. The van der Waals surface area contributed by atoms with Crippen molar-refractivity contribution in [3.05, 3.63) is 55.6 Å². The highest BCUT2D eigenvalue weighted by Gasteiger charge is 2.20. The molecular formula is C13H8BrI. The number of halogens is 2. The van der Waals surface area contributed by atoms with E-state index in [1.54, 1.807) is 0 Å². The lowest BCUT2D eigenvalue weighted by Crippen LogP contribution is -1.86. The lowest BCUT2D eigenvalue weighted by atomic mass is 10.1. The van der Waals surface area contributed by atoms with E-state index >= 15 is 0 Å². The summed E-state index contributed by atoms with van der Waals surface area (Å²) >= 11 is 6.01. The van der Waals surface area contributed by atoms with Crippen molar-refractivity contribution in [1.29, 1.82) is 0 Å². The van der Waals surface area contributed by atoms with Crippen molar-refractivity contribution in [1.82, 2.24) is 0 Å². The molecule has 15 heavy (non-hydrogen) atoms. The second-order valence-corrected chi connectivity index (χ2v) is 5.65. The third kappa shape index (κ3) is 1.46. The van der Waals surface area contributed by atoms with Crippen LogP contribution in [0.3, 0.4) is 0 Å². The van der Waals surface area contributed by atoms with E-state index in [9.17, 15) is 0 Å². The van der Waals surface area contributed by atoms with E-state index in [1.165, 1.54) is 30.3 Å². The second-order valence-electron chi connectivity index (χ2n) is 3.72. The van der Waals surface area contributed by atoms with Gasteiger partial charge in [-0.25, -0.2) is 0 Å².